The highest BCUT2D eigenvalue weighted by Crippen LogP contribution is 2.40. The summed E-state index contributed by atoms with van der Waals surface area (Å²) in [4.78, 5) is 12.6. The van der Waals surface area contributed by atoms with Crippen molar-refractivity contribution in [1.29, 1.82) is 0 Å². The van der Waals surface area contributed by atoms with E-state index in [-0.39, 0.29) is 5.56 Å². The maximum absolute atomic E-state index is 13.9. The average molecular weight is 372 g/mol. The second kappa shape index (κ2) is 6.23. The molecule has 0 radical (unpaired) electrons. The lowest BCUT2D eigenvalue weighted by Crippen LogP contribution is -2.12. The Morgan fingerprint density at radius 1 is 0.815 bits per heavy atom. The van der Waals surface area contributed by atoms with Crippen LogP contribution in [0.3, 0.4) is 0 Å². The number of benzene rings is 3. The highest BCUT2D eigenvalue weighted by Gasteiger charge is 2.32. The van der Waals surface area contributed by atoms with E-state index in [0.29, 0.717) is 22.3 Å². The molecule has 1 atom stereocenters. The predicted octanol–water partition coefficient (Wildman–Crippen LogP) is 5.77. The molecule has 1 aliphatic heterocycles. The smallest absolute Gasteiger partial charge is 0.416 e. The summed E-state index contributed by atoms with van der Waals surface area (Å²) in [5.41, 5.74) is 1.35. The van der Waals surface area contributed by atoms with E-state index in [1.807, 2.05) is 0 Å². The number of esters is 1. The van der Waals surface area contributed by atoms with Crippen molar-refractivity contribution in [3.63, 3.8) is 0 Å². The summed E-state index contributed by atoms with van der Waals surface area (Å²) in [6, 6.07) is 15.1. The zero-order valence-corrected chi connectivity index (χ0v) is 13.8. The number of carbonyl (C=O) groups excluding carboxylic acids is 1. The third kappa shape index (κ3) is 3.07. The molecule has 0 saturated heterocycles. The van der Waals surface area contributed by atoms with Crippen molar-refractivity contribution in [2.24, 2.45) is 0 Å². The molecule has 0 aromatic heterocycles. The van der Waals surface area contributed by atoms with Crippen molar-refractivity contribution in [2.75, 3.05) is 0 Å². The molecular formula is C21H12F4O2. The lowest BCUT2D eigenvalue weighted by Gasteiger charge is -2.19. The molecule has 3 aromatic rings. The summed E-state index contributed by atoms with van der Waals surface area (Å²) >= 11 is 0. The van der Waals surface area contributed by atoms with Gasteiger partial charge < -0.3 is 4.74 Å². The number of hydrogen-bond donors (Lipinski definition) is 0. The van der Waals surface area contributed by atoms with Gasteiger partial charge in [-0.25, -0.2) is 9.18 Å². The first-order valence-electron chi connectivity index (χ1n) is 8.11. The number of halogens is 4. The minimum Gasteiger partial charge on any atom is -0.449 e. The van der Waals surface area contributed by atoms with Crippen LogP contribution in [0.4, 0.5) is 17.6 Å². The number of alkyl halides is 3. The maximum atomic E-state index is 13.9. The Labute approximate surface area is 152 Å². The third-order valence-corrected chi connectivity index (χ3v) is 4.50. The van der Waals surface area contributed by atoms with Crippen LogP contribution in [0.1, 0.15) is 33.2 Å². The number of fused-ring (bicyclic) bond motifs is 3. The van der Waals surface area contributed by atoms with Gasteiger partial charge in [0, 0.05) is 5.56 Å². The van der Waals surface area contributed by atoms with Crippen LogP contribution in [-0.2, 0) is 10.9 Å². The molecule has 0 amide bonds. The van der Waals surface area contributed by atoms with Crippen molar-refractivity contribution in [2.45, 2.75) is 12.3 Å². The van der Waals surface area contributed by atoms with Crippen molar-refractivity contribution < 1.29 is 27.1 Å². The normalized spacial score (nSPS) is 16.1. The van der Waals surface area contributed by atoms with Crippen molar-refractivity contribution in [3.8, 4) is 11.1 Å². The number of cyclic esters (lactones) is 1. The van der Waals surface area contributed by atoms with Gasteiger partial charge in [0.25, 0.3) is 0 Å². The Kier molecular flexibility index (Phi) is 3.98. The Balaban J connectivity index is 1.87. The van der Waals surface area contributed by atoms with E-state index < -0.39 is 29.6 Å². The lowest BCUT2D eigenvalue weighted by molar-refractivity contribution is -0.137. The zero-order chi connectivity index (χ0) is 19.2. The summed E-state index contributed by atoms with van der Waals surface area (Å²) in [7, 11) is 0. The summed E-state index contributed by atoms with van der Waals surface area (Å²) in [5, 5.41) is 0. The average Bonchev–Trinajstić information content (AvgIpc) is 2.77. The monoisotopic (exact) mass is 372 g/mol. The molecule has 1 unspecified atom stereocenters. The summed E-state index contributed by atoms with van der Waals surface area (Å²) in [5.74, 6) is -1.10. The molecule has 27 heavy (non-hydrogen) atoms. The molecule has 136 valence electrons. The largest absolute Gasteiger partial charge is 0.449 e. The summed E-state index contributed by atoms with van der Waals surface area (Å²) in [6.07, 6.45) is -5.40. The fourth-order valence-electron chi connectivity index (χ4n) is 3.21. The molecule has 6 heteroatoms. The standard InChI is InChI=1S/C21H12F4O2/c22-14-9-10-16-18(11-14)15-3-1-2-4-17(15)20(26)27-19(16)12-5-7-13(8-6-12)21(23,24)25/h1-11,19H. The molecule has 4 rings (SSSR count). The van der Waals surface area contributed by atoms with Crippen molar-refractivity contribution >= 4 is 5.97 Å². The van der Waals surface area contributed by atoms with Crippen molar-refractivity contribution in [1.82, 2.24) is 0 Å². The van der Waals surface area contributed by atoms with Crippen LogP contribution in [0, 0.1) is 5.82 Å². The van der Waals surface area contributed by atoms with Gasteiger partial charge in [0.1, 0.15) is 5.82 Å². The second-order valence-corrected chi connectivity index (χ2v) is 6.18. The molecule has 0 spiro atoms. The van der Waals surface area contributed by atoms with Crippen LogP contribution in [0.5, 0.6) is 0 Å². The Morgan fingerprint density at radius 2 is 1.48 bits per heavy atom. The van der Waals surface area contributed by atoms with E-state index in [9.17, 15) is 22.4 Å². The van der Waals surface area contributed by atoms with Crippen LogP contribution in [0.2, 0.25) is 0 Å². The molecular weight excluding hydrogens is 360 g/mol. The minimum absolute atomic E-state index is 0.277. The molecule has 1 aliphatic rings. The molecule has 0 fully saturated rings. The van der Waals surface area contributed by atoms with Gasteiger partial charge in [0.15, 0.2) is 6.10 Å². The van der Waals surface area contributed by atoms with Gasteiger partial charge in [0.2, 0.25) is 0 Å². The number of hydrogen-bond acceptors (Lipinski definition) is 2. The predicted molar refractivity (Wildman–Crippen MR) is 90.5 cm³/mol. The van der Waals surface area contributed by atoms with E-state index in [0.717, 1.165) is 12.1 Å². The van der Waals surface area contributed by atoms with Gasteiger partial charge in [-0.05, 0) is 47.0 Å². The summed E-state index contributed by atoms with van der Waals surface area (Å²) in [6.45, 7) is 0. The van der Waals surface area contributed by atoms with E-state index in [1.165, 1.54) is 30.3 Å². The molecule has 0 N–H and O–H groups in total. The SMILES string of the molecule is O=C1OC(c2ccc(C(F)(F)F)cc2)c2ccc(F)cc2-c2ccccc21. The van der Waals surface area contributed by atoms with Crippen LogP contribution in [0.15, 0.2) is 66.7 Å². The van der Waals surface area contributed by atoms with Gasteiger partial charge in [-0.3, -0.25) is 0 Å². The summed E-state index contributed by atoms with van der Waals surface area (Å²) < 4.78 is 57.9. The Hall–Kier alpha value is -3.15. The first-order chi connectivity index (χ1) is 12.8. The highest BCUT2D eigenvalue weighted by molar-refractivity contribution is 5.99. The topological polar surface area (TPSA) is 26.3 Å². The zero-order valence-electron chi connectivity index (χ0n) is 13.8. The quantitative estimate of drug-likeness (QED) is 0.400. The molecule has 0 saturated carbocycles. The van der Waals surface area contributed by atoms with Crippen LogP contribution in [0.25, 0.3) is 11.1 Å². The van der Waals surface area contributed by atoms with Gasteiger partial charge in [0.05, 0.1) is 11.1 Å². The van der Waals surface area contributed by atoms with Gasteiger partial charge in [-0.2, -0.15) is 13.2 Å². The van der Waals surface area contributed by atoms with E-state index in [2.05, 4.69) is 0 Å². The maximum Gasteiger partial charge on any atom is 0.416 e. The second-order valence-electron chi connectivity index (χ2n) is 6.18. The molecule has 2 nitrogen and oxygen atoms in total. The molecule has 3 aromatic carbocycles. The number of carbonyl (C=O) groups is 1. The fraction of sp³-hybridized carbons (Fsp3) is 0.0952. The number of rotatable bonds is 1. The van der Waals surface area contributed by atoms with Crippen LogP contribution >= 0.6 is 0 Å². The lowest BCUT2D eigenvalue weighted by atomic mass is 9.91. The van der Waals surface area contributed by atoms with Gasteiger partial charge >= 0.3 is 12.1 Å². The molecule has 0 aliphatic carbocycles. The van der Waals surface area contributed by atoms with Crippen molar-refractivity contribution in [3.05, 3.63) is 94.8 Å². The molecule has 1 heterocycles. The number of ether oxygens (including phenoxy) is 1. The highest BCUT2D eigenvalue weighted by atomic mass is 19.4. The van der Waals surface area contributed by atoms with E-state index >= 15 is 0 Å². The fourth-order valence-corrected chi connectivity index (χ4v) is 3.21. The molecule has 0 bridgehead atoms. The minimum atomic E-state index is -4.46. The van der Waals surface area contributed by atoms with Gasteiger partial charge in [-0.15, -0.1) is 0 Å². The van der Waals surface area contributed by atoms with E-state index in [4.69, 9.17) is 4.74 Å². The Morgan fingerprint density at radius 3 is 2.15 bits per heavy atom. The first kappa shape index (κ1) is 17.3. The Bertz CT molecular complexity index is 1020. The third-order valence-electron chi connectivity index (χ3n) is 4.50. The van der Waals surface area contributed by atoms with Gasteiger partial charge in [-0.1, -0.05) is 36.4 Å². The van der Waals surface area contributed by atoms with E-state index in [1.54, 1.807) is 24.3 Å². The first-order valence-corrected chi connectivity index (χ1v) is 8.11. The van der Waals surface area contributed by atoms with Crippen LogP contribution < -0.4 is 0 Å². The van der Waals surface area contributed by atoms with Crippen LogP contribution in [-0.4, -0.2) is 5.97 Å².